The molecule has 2 rings (SSSR count). The van der Waals surface area contributed by atoms with Crippen molar-refractivity contribution < 1.29 is 0 Å². The van der Waals surface area contributed by atoms with E-state index < -0.39 is 0 Å². The summed E-state index contributed by atoms with van der Waals surface area (Å²) in [5.41, 5.74) is 6.43. The maximum atomic E-state index is 6.25. The smallest absolute Gasteiger partial charge is 0.0283 e. The summed E-state index contributed by atoms with van der Waals surface area (Å²) in [5.74, 6) is 0.874. The Morgan fingerprint density at radius 1 is 1.38 bits per heavy atom. The molecule has 0 aromatic carbocycles. The average Bonchev–Trinajstić information content (AvgIpc) is 2.27. The first kappa shape index (κ1) is 9.47. The predicted octanol–water partition coefficient (Wildman–Crippen LogP) is 1.60. The van der Waals surface area contributed by atoms with E-state index in [-0.39, 0.29) is 5.54 Å². The first-order valence-electron chi connectivity index (χ1n) is 5.62. The summed E-state index contributed by atoms with van der Waals surface area (Å²) in [5, 5.41) is 0. The van der Waals surface area contributed by atoms with Gasteiger partial charge in [0.25, 0.3) is 0 Å². The molecule has 2 unspecified atom stereocenters. The Morgan fingerprint density at radius 3 is 2.46 bits per heavy atom. The normalized spacial score (nSPS) is 39.0. The lowest BCUT2D eigenvalue weighted by atomic mass is 9.77. The van der Waals surface area contributed by atoms with E-state index in [2.05, 4.69) is 18.7 Å². The third-order valence-electron chi connectivity index (χ3n) is 3.78. The van der Waals surface area contributed by atoms with E-state index in [1.54, 1.807) is 0 Å². The Hall–Kier alpha value is -0.0800. The van der Waals surface area contributed by atoms with E-state index in [1.165, 1.54) is 32.2 Å². The largest absolute Gasteiger partial charge is 0.324 e. The molecule has 0 bridgehead atoms. The van der Waals surface area contributed by atoms with E-state index in [0.29, 0.717) is 0 Å². The number of rotatable bonds is 2. The maximum Gasteiger partial charge on any atom is 0.0283 e. The van der Waals surface area contributed by atoms with Gasteiger partial charge in [0.2, 0.25) is 0 Å². The van der Waals surface area contributed by atoms with Gasteiger partial charge in [-0.25, -0.2) is 0 Å². The van der Waals surface area contributed by atoms with Gasteiger partial charge in [-0.15, -0.1) is 0 Å². The van der Waals surface area contributed by atoms with Crippen LogP contribution in [0.2, 0.25) is 0 Å². The van der Waals surface area contributed by atoms with E-state index in [9.17, 15) is 0 Å². The summed E-state index contributed by atoms with van der Waals surface area (Å²) >= 11 is 0. The highest BCUT2D eigenvalue weighted by molar-refractivity contribution is 4.97. The second-order valence-electron chi connectivity index (χ2n) is 5.34. The van der Waals surface area contributed by atoms with Crippen LogP contribution in [-0.2, 0) is 0 Å². The van der Waals surface area contributed by atoms with Crippen LogP contribution >= 0.6 is 0 Å². The molecular weight excluding hydrogens is 160 g/mol. The van der Waals surface area contributed by atoms with Gasteiger partial charge < -0.3 is 5.73 Å². The number of hydrogen-bond donors (Lipinski definition) is 1. The Kier molecular flexibility index (Phi) is 2.37. The van der Waals surface area contributed by atoms with E-state index >= 15 is 0 Å². The molecule has 76 valence electrons. The fourth-order valence-corrected chi connectivity index (χ4v) is 2.80. The molecule has 2 atom stereocenters. The summed E-state index contributed by atoms with van der Waals surface area (Å²) in [6.45, 7) is 7.09. The molecule has 1 aliphatic carbocycles. The molecule has 0 spiro atoms. The van der Waals surface area contributed by atoms with E-state index in [4.69, 9.17) is 5.73 Å². The highest BCUT2D eigenvalue weighted by Crippen LogP contribution is 2.33. The maximum absolute atomic E-state index is 6.25. The molecule has 13 heavy (non-hydrogen) atoms. The van der Waals surface area contributed by atoms with Crippen molar-refractivity contribution in [2.24, 2.45) is 11.7 Å². The van der Waals surface area contributed by atoms with Crippen molar-refractivity contribution in [2.45, 2.75) is 51.1 Å². The van der Waals surface area contributed by atoms with Crippen LogP contribution < -0.4 is 5.73 Å². The van der Waals surface area contributed by atoms with E-state index in [1.807, 2.05) is 0 Å². The summed E-state index contributed by atoms with van der Waals surface area (Å²) < 4.78 is 0. The Morgan fingerprint density at radius 2 is 2.08 bits per heavy atom. The van der Waals surface area contributed by atoms with Crippen molar-refractivity contribution >= 4 is 0 Å². The first-order valence-corrected chi connectivity index (χ1v) is 5.62. The van der Waals surface area contributed by atoms with Crippen LogP contribution in [0.4, 0.5) is 0 Å². The number of hydrogen-bond acceptors (Lipinski definition) is 2. The second kappa shape index (κ2) is 3.25. The van der Waals surface area contributed by atoms with Gasteiger partial charge in [-0.05, 0) is 38.5 Å². The molecule has 0 amide bonds. The van der Waals surface area contributed by atoms with E-state index in [0.717, 1.165) is 18.5 Å². The van der Waals surface area contributed by atoms with Crippen molar-refractivity contribution in [3.05, 3.63) is 0 Å². The van der Waals surface area contributed by atoms with Crippen LogP contribution in [-0.4, -0.2) is 29.6 Å². The van der Waals surface area contributed by atoms with Gasteiger partial charge in [0, 0.05) is 24.7 Å². The van der Waals surface area contributed by atoms with Crippen LogP contribution in [0.1, 0.15) is 39.5 Å². The monoisotopic (exact) mass is 182 g/mol. The van der Waals surface area contributed by atoms with Crippen molar-refractivity contribution in [1.82, 2.24) is 4.90 Å². The lowest BCUT2D eigenvalue weighted by molar-refractivity contribution is 0.139. The lowest BCUT2D eigenvalue weighted by Gasteiger charge is -2.42. The zero-order valence-corrected chi connectivity index (χ0v) is 8.92. The molecule has 1 heterocycles. The minimum absolute atomic E-state index is 0.179. The van der Waals surface area contributed by atoms with Gasteiger partial charge >= 0.3 is 0 Å². The third-order valence-corrected chi connectivity index (χ3v) is 3.78. The molecule has 2 heteroatoms. The summed E-state index contributed by atoms with van der Waals surface area (Å²) in [7, 11) is 0. The summed E-state index contributed by atoms with van der Waals surface area (Å²) in [6, 6.07) is 0.760. The minimum Gasteiger partial charge on any atom is -0.324 e. The second-order valence-corrected chi connectivity index (χ2v) is 5.34. The van der Waals surface area contributed by atoms with Crippen LogP contribution in [0, 0.1) is 5.92 Å². The van der Waals surface area contributed by atoms with Crippen molar-refractivity contribution in [3.63, 3.8) is 0 Å². The molecule has 1 saturated heterocycles. The molecule has 0 aromatic heterocycles. The highest BCUT2D eigenvalue weighted by atomic mass is 15.2. The zero-order valence-electron chi connectivity index (χ0n) is 8.92. The molecule has 2 fully saturated rings. The van der Waals surface area contributed by atoms with Crippen molar-refractivity contribution in [2.75, 3.05) is 13.1 Å². The number of likely N-dealkylation sites (tertiary alicyclic amines) is 1. The minimum atomic E-state index is 0.179. The SMILES string of the molecule is CC1CC(C)N(CC2(N)CCC2)C1. The molecule has 2 nitrogen and oxygen atoms in total. The number of nitrogens with zero attached hydrogens (tertiary/aromatic N) is 1. The van der Waals surface area contributed by atoms with Crippen LogP contribution in [0.3, 0.4) is 0 Å². The fraction of sp³-hybridized carbons (Fsp3) is 1.00. The van der Waals surface area contributed by atoms with Crippen LogP contribution in [0.25, 0.3) is 0 Å². The molecule has 1 saturated carbocycles. The van der Waals surface area contributed by atoms with Gasteiger partial charge in [0.1, 0.15) is 0 Å². The number of nitrogens with two attached hydrogens (primary N) is 1. The average molecular weight is 182 g/mol. The molecule has 2 N–H and O–H groups in total. The Labute approximate surface area is 81.5 Å². The molecular formula is C11H22N2. The van der Waals surface area contributed by atoms with Gasteiger partial charge in [-0.2, -0.15) is 0 Å². The quantitative estimate of drug-likeness (QED) is 0.703. The van der Waals surface area contributed by atoms with Crippen LogP contribution in [0.5, 0.6) is 0 Å². The molecule has 2 aliphatic rings. The molecule has 0 radical (unpaired) electrons. The zero-order chi connectivity index (χ0) is 9.47. The van der Waals surface area contributed by atoms with Gasteiger partial charge in [0.05, 0.1) is 0 Å². The molecule has 1 aliphatic heterocycles. The topological polar surface area (TPSA) is 29.3 Å². The predicted molar refractivity (Wildman–Crippen MR) is 55.6 cm³/mol. The van der Waals surface area contributed by atoms with Gasteiger partial charge in [-0.3, -0.25) is 4.90 Å². The van der Waals surface area contributed by atoms with Crippen molar-refractivity contribution in [3.8, 4) is 0 Å². The van der Waals surface area contributed by atoms with Crippen LogP contribution in [0.15, 0.2) is 0 Å². The van der Waals surface area contributed by atoms with Gasteiger partial charge in [0.15, 0.2) is 0 Å². The van der Waals surface area contributed by atoms with Crippen molar-refractivity contribution in [1.29, 1.82) is 0 Å². The fourth-order valence-electron chi connectivity index (χ4n) is 2.80. The summed E-state index contributed by atoms with van der Waals surface area (Å²) in [6.07, 6.45) is 5.18. The first-order chi connectivity index (χ1) is 6.09. The van der Waals surface area contributed by atoms with Gasteiger partial charge in [-0.1, -0.05) is 6.92 Å². The Balaban J connectivity index is 1.87. The third kappa shape index (κ3) is 1.89. The highest BCUT2D eigenvalue weighted by Gasteiger charge is 2.37. The molecule has 0 aromatic rings. The lowest BCUT2D eigenvalue weighted by Crippen LogP contribution is -2.55. The Bertz CT molecular complexity index is 187. The summed E-state index contributed by atoms with van der Waals surface area (Å²) in [4.78, 5) is 2.59. The standard InChI is InChI=1S/C11H22N2/c1-9-6-10(2)13(7-9)8-11(12)4-3-5-11/h9-10H,3-8,12H2,1-2H3.